The molecule has 0 unspecified atom stereocenters. The van der Waals surface area contributed by atoms with Crippen LogP contribution in [0, 0.1) is 6.92 Å². The van der Waals surface area contributed by atoms with Crippen molar-refractivity contribution in [2.45, 2.75) is 18.6 Å². The second-order valence-electron chi connectivity index (χ2n) is 6.65. The first-order valence-corrected chi connectivity index (χ1v) is 10.2. The predicted molar refractivity (Wildman–Crippen MR) is 115 cm³/mol. The van der Waals surface area contributed by atoms with E-state index in [4.69, 9.17) is 9.47 Å². The van der Waals surface area contributed by atoms with E-state index in [0.717, 1.165) is 16.4 Å². The summed E-state index contributed by atoms with van der Waals surface area (Å²) in [6.07, 6.45) is 3.66. The van der Waals surface area contributed by atoms with Crippen LogP contribution in [0.2, 0.25) is 0 Å². The molecule has 0 saturated heterocycles. The number of amides is 1. The van der Waals surface area contributed by atoms with Crippen LogP contribution in [0.15, 0.2) is 60.0 Å². The Balaban J connectivity index is 1.62. The maximum atomic E-state index is 12.6. The number of carbonyl (C=O) groups excluding carboxylic acids is 1. The molecular formula is C22H25N3O3S. The molecule has 0 N–H and O–H groups in total. The zero-order chi connectivity index (χ0) is 20.8. The fraction of sp³-hybridized carbons (Fsp3) is 0.273. The van der Waals surface area contributed by atoms with Crippen LogP contribution in [0.3, 0.4) is 0 Å². The van der Waals surface area contributed by atoms with Crippen LogP contribution in [-0.4, -0.2) is 47.4 Å². The number of rotatable bonds is 8. The third-order valence-electron chi connectivity index (χ3n) is 4.50. The topological polar surface area (TPSA) is 56.6 Å². The van der Waals surface area contributed by atoms with Gasteiger partial charge in [0.15, 0.2) is 16.7 Å². The summed E-state index contributed by atoms with van der Waals surface area (Å²) in [5.74, 6) is 1.67. The summed E-state index contributed by atoms with van der Waals surface area (Å²) in [5.41, 5.74) is 3.19. The van der Waals surface area contributed by atoms with Gasteiger partial charge in [0.05, 0.1) is 20.0 Å². The lowest BCUT2D eigenvalue weighted by Crippen LogP contribution is -2.27. The van der Waals surface area contributed by atoms with Gasteiger partial charge in [-0.1, -0.05) is 30.0 Å². The largest absolute Gasteiger partial charge is 0.493 e. The zero-order valence-corrected chi connectivity index (χ0v) is 17.9. The number of thioether (sulfide) groups is 1. The van der Waals surface area contributed by atoms with Crippen LogP contribution < -0.4 is 9.47 Å². The Morgan fingerprint density at radius 2 is 1.93 bits per heavy atom. The quantitative estimate of drug-likeness (QED) is 0.526. The molecule has 0 aliphatic rings. The molecule has 0 saturated carbocycles. The van der Waals surface area contributed by atoms with E-state index in [1.54, 1.807) is 32.4 Å². The number of carbonyl (C=O) groups is 1. The standard InChI is InChI=1S/C22H25N3O3S/c1-16-6-5-7-18(12-16)25-11-10-23-22(25)29-15-21(26)24(2)14-17-8-9-19(27-3)20(13-17)28-4/h5-13H,14-15H2,1-4H3. The SMILES string of the molecule is COc1ccc(CN(C)C(=O)CSc2nccn2-c2cccc(C)c2)cc1OC. The highest BCUT2D eigenvalue weighted by atomic mass is 32.2. The van der Waals surface area contributed by atoms with Crippen LogP contribution >= 0.6 is 11.8 Å². The third kappa shape index (κ3) is 5.12. The van der Waals surface area contributed by atoms with Gasteiger partial charge in [-0.2, -0.15) is 0 Å². The Kier molecular flexibility index (Phi) is 6.82. The van der Waals surface area contributed by atoms with Gasteiger partial charge in [0.1, 0.15) is 0 Å². The number of benzene rings is 2. The molecule has 1 aromatic heterocycles. The van der Waals surface area contributed by atoms with Crippen LogP contribution in [0.1, 0.15) is 11.1 Å². The molecule has 29 heavy (non-hydrogen) atoms. The molecule has 0 spiro atoms. The molecule has 6 nitrogen and oxygen atoms in total. The molecule has 3 rings (SSSR count). The molecule has 152 valence electrons. The fourth-order valence-electron chi connectivity index (χ4n) is 2.95. The van der Waals surface area contributed by atoms with Gasteiger partial charge in [-0.3, -0.25) is 9.36 Å². The minimum absolute atomic E-state index is 0.0311. The number of hydrogen-bond acceptors (Lipinski definition) is 5. The molecule has 0 aliphatic heterocycles. The molecule has 0 atom stereocenters. The first kappa shape index (κ1) is 20.8. The summed E-state index contributed by atoms with van der Waals surface area (Å²) in [6.45, 7) is 2.55. The lowest BCUT2D eigenvalue weighted by Gasteiger charge is -2.18. The number of aryl methyl sites for hydroxylation is 1. The van der Waals surface area contributed by atoms with Gasteiger partial charge in [0, 0.05) is 31.7 Å². The average molecular weight is 412 g/mol. The van der Waals surface area contributed by atoms with E-state index in [9.17, 15) is 4.79 Å². The van der Waals surface area contributed by atoms with Crippen LogP contribution in [0.5, 0.6) is 11.5 Å². The lowest BCUT2D eigenvalue weighted by molar-refractivity contribution is -0.127. The molecule has 0 fully saturated rings. The number of aromatic nitrogens is 2. The number of ether oxygens (including phenoxy) is 2. The van der Waals surface area contributed by atoms with Gasteiger partial charge in [-0.15, -0.1) is 0 Å². The summed E-state index contributed by atoms with van der Waals surface area (Å²) in [7, 11) is 5.00. The molecule has 3 aromatic rings. The van der Waals surface area contributed by atoms with Gasteiger partial charge in [-0.25, -0.2) is 4.98 Å². The maximum Gasteiger partial charge on any atom is 0.233 e. The van der Waals surface area contributed by atoms with E-state index in [-0.39, 0.29) is 5.91 Å². The molecular weight excluding hydrogens is 386 g/mol. The molecule has 0 aliphatic carbocycles. The first-order valence-electron chi connectivity index (χ1n) is 9.20. The van der Waals surface area contributed by atoms with Gasteiger partial charge in [0.25, 0.3) is 0 Å². The fourth-order valence-corrected chi connectivity index (χ4v) is 3.86. The molecule has 1 heterocycles. The summed E-state index contributed by atoms with van der Waals surface area (Å²) in [5, 5.41) is 0.795. The number of imidazole rings is 1. The van der Waals surface area contributed by atoms with Crippen molar-refractivity contribution >= 4 is 17.7 Å². The van der Waals surface area contributed by atoms with Crippen LogP contribution in [0.4, 0.5) is 0 Å². The predicted octanol–water partition coefficient (Wildman–Crippen LogP) is 3.95. The Bertz CT molecular complexity index is 987. The summed E-state index contributed by atoms with van der Waals surface area (Å²) >= 11 is 1.43. The molecule has 1 amide bonds. The minimum Gasteiger partial charge on any atom is -0.493 e. The number of methoxy groups -OCH3 is 2. The monoisotopic (exact) mass is 411 g/mol. The van der Waals surface area contributed by atoms with E-state index in [0.29, 0.717) is 23.8 Å². The van der Waals surface area contributed by atoms with E-state index in [2.05, 4.69) is 24.0 Å². The van der Waals surface area contributed by atoms with Crippen LogP contribution in [0.25, 0.3) is 5.69 Å². The van der Waals surface area contributed by atoms with Crippen molar-refractivity contribution in [2.75, 3.05) is 27.0 Å². The third-order valence-corrected chi connectivity index (χ3v) is 5.46. The summed E-state index contributed by atoms with van der Waals surface area (Å²) in [6, 6.07) is 13.9. The van der Waals surface area contributed by atoms with E-state index < -0.39 is 0 Å². The smallest absolute Gasteiger partial charge is 0.233 e. The van der Waals surface area contributed by atoms with E-state index >= 15 is 0 Å². The minimum atomic E-state index is 0.0311. The van der Waals surface area contributed by atoms with Crippen molar-refractivity contribution in [2.24, 2.45) is 0 Å². The second-order valence-corrected chi connectivity index (χ2v) is 7.59. The molecule has 2 aromatic carbocycles. The Labute approximate surface area is 175 Å². The van der Waals surface area contributed by atoms with Crippen molar-refractivity contribution in [3.8, 4) is 17.2 Å². The highest BCUT2D eigenvalue weighted by Gasteiger charge is 2.14. The van der Waals surface area contributed by atoms with Crippen molar-refractivity contribution in [1.82, 2.24) is 14.5 Å². The van der Waals surface area contributed by atoms with Crippen molar-refractivity contribution in [3.63, 3.8) is 0 Å². The maximum absolute atomic E-state index is 12.6. The van der Waals surface area contributed by atoms with Gasteiger partial charge < -0.3 is 14.4 Å². The van der Waals surface area contributed by atoms with Crippen molar-refractivity contribution in [3.05, 3.63) is 66.0 Å². The highest BCUT2D eigenvalue weighted by Crippen LogP contribution is 2.28. The molecule has 0 radical (unpaired) electrons. The average Bonchev–Trinajstić information content (AvgIpc) is 3.20. The van der Waals surface area contributed by atoms with Crippen LogP contribution in [-0.2, 0) is 11.3 Å². The molecule has 7 heteroatoms. The summed E-state index contributed by atoms with van der Waals surface area (Å²) < 4.78 is 12.6. The van der Waals surface area contributed by atoms with Gasteiger partial charge in [0.2, 0.25) is 5.91 Å². The Morgan fingerprint density at radius 1 is 1.14 bits per heavy atom. The highest BCUT2D eigenvalue weighted by molar-refractivity contribution is 7.99. The van der Waals surface area contributed by atoms with E-state index in [1.165, 1.54) is 17.3 Å². The zero-order valence-electron chi connectivity index (χ0n) is 17.1. The lowest BCUT2D eigenvalue weighted by atomic mass is 10.2. The normalized spacial score (nSPS) is 10.6. The van der Waals surface area contributed by atoms with Gasteiger partial charge in [-0.05, 0) is 42.3 Å². The number of hydrogen-bond donors (Lipinski definition) is 0. The first-order chi connectivity index (χ1) is 14.0. The number of nitrogens with zero attached hydrogens (tertiary/aromatic N) is 3. The second kappa shape index (κ2) is 9.52. The Hall–Kier alpha value is -2.93. The van der Waals surface area contributed by atoms with Crippen molar-refractivity contribution < 1.29 is 14.3 Å². The van der Waals surface area contributed by atoms with Crippen molar-refractivity contribution in [1.29, 1.82) is 0 Å². The summed E-state index contributed by atoms with van der Waals surface area (Å²) in [4.78, 5) is 18.7. The van der Waals surface area contributed by atoms with E-state index in [1.807, 2.05) is 41.1 Å². The van der Waals surface area contributed by atoms with Gasteiger partial charge >= 0.3 is 0 Å². The Morgan fingerprint density at radius 3 is 2.66 bits per heavy atom. The molecule has 0 bridgehead atoms.